The predicted molar refractivity (Wildman–Crippen MR) is 133 cm³/mol. The van der Waals surface area contributed by atoms with Crippen molar-refractivity contribution in [2.24, 2.45) is 4.58 Å². The fourth-order valence-corrected chi connectivity index (χ4v) is 5.37. The first kappa shape index (κ1) is 25.4. The van der Waals surface area contributed by atoms with Crippen LogP contribution in [0.4, 0.5) is 0 Å². The van der Waals surface area contributed by atoms with Crippen molar-refractivity contribution in [1.29, 1.82) is 0 Å². The Bertz CT molecular complexity index is 1680. The Morgan fingerprint density at radius 1 is 0.917 bits per heavy atom. The molecule has 0 aromatic heterocycles. The summed E-state index contributed by atoms with van der Waals surface area (Å²) in [6.45, 7) is 3.94. The Balaban J connectivity index is 1.67. The zero-order valence-corrected chi connectivity index (χ0v) is 20.9. The summed E-state index contributed by atoms with van der Waals surface area (Å²) in [6.07, 6.45) is 3.69. The summed E-state index contributed by atoms with van der Waals surface area (Å²) in [7, 11) is -9.48. The zero-order chi connectivity index (χ0) is 26.3. The number of hydrogen-bond donors (Lipinski definition) is 1. The van der Waals surface area contributed by atoms with Crippen molar-refractivity contribution in [3.8, 4) is 11.5 Å². The minimum absolute atomic E-state index is 0.0199. The van der Waals surface area contributed by atoms with E-state index in [9.17, 15) is 31.1 Å². The topological polar surface area (TPSA) is 144 Å². The van der Waals surface area contributed by atoms with Gasteiger partial charge in [0.15, 0.2) is 5.78 Å². The fraction of sp³-hybridized carbons (Fsp3) is 0.160. The van der Waals surface area contributed by atoms with Gasteiger partial charge in [0.2, 0.25) is 0 Å². The molecule has 0 fully saturated rings. The molecule has 0 aliphatic heterocycles. The van der Waals surface area contributed by atoms with Gasteiger partial charge >= 0.3 is 10.0 Å². The van der Waals surface area contributed by atoms with Crippen LogP contribution in [0.2, 0.25) is 0 Å². The third kappa shape index (κ3) is 5.13. The molecule has 0 heterocycles. The highest BCUT2D eigenvalue weighted by Crippen LogP contribution is 2.33. The summed E-state index contributed by atoms with van der Waals surface area (Å²) >= 11 is 0. The Morgan fingerprint density at radius 3 is 2.22 bits per heavy atom. The first-order valence-corrected chi connectivity index (χ1v) is 13.6. The lowest BCUT2D eigenvalue weighted by Crippen LogP contribution is -2.07. The second kappa shape index (κ2) is 9.41. The molecule has 1 aliphatic rings. The largest absolute Gasteiger partial charge is 0.457 e. The van der Waals surface area contributed by atoms with E-state index in [0.717, 1.165) is 30.1 Å². The van der Waals surface area contributed by atoms with E-state index in [4.69, 9.17) is 4.74 Å². The van der Waals surface area contributed by atoms with E-state index in [-0.39, 0.29) is 22.3 Å². The third-order valence-electron chi connectivity index (χ3n) is 5.88. The lowest BCUT2D eigenvalue weighted by Gasteiger charge is -2.15. The average molecular weight is 528 g/mol. The molecule has 36 heavy (non-hydrogen) atoms. The van der Waals surface area contributed by atoms with Gasteiger partial charge in [-0.15, -0.1) is 4.91 Å². The van der Waals surface area contributed by atoms with Gasteiger partial charge in [-0.2, -0.15) is 16.8 Å². The van der Waals surface area contributed by atoms with Crippen molar-refractivity contribution in [1.82, 2.24) is 0 Å². The van der Waals surface area contributed by atoms with Gasteiger partial charge in [0, 0.05) is 16.5 Å². The average Bonchev–Trinajstić information content (AvgIpc) is 2.84. The molecule has 0 amide bonds. The molecule has 0 atom stereocenters. The number of rotatable bonds is 7. The number of allylic oxidation sites excluding steroid dienone is 4. The first-order chi connectivity index (χ1) is 16.9. The van der Waals surface area contributed by atoms with Crippen LogP contribution in [0.5, 0.6) is 11.5 Å². The van der Waals surface area contributed by atoms with E-state index in [1.54, 1.807) is 24.3 Å². The second-order valence-corrected chi connectivity index (χ2v) is 11.4. The van der Waals surface area contributed by atoms with Crippen molar-refractivity contribution in [2.45, 2.75) is 36.5 Å². The van der Waals surface area contributed by atoms with Crippen molar-refractivity contribution in [3.05, 3.63) is 87.9 Å². The maximum Gasteiger partial charge on any atom is 0.317 e. The van der Waals surface area contributed by atoms with Gasteiger partial charge in [0.1, 0.15) is 16.4 Å². The van der Waals surface area contributed by atoms with Crippen LogP contribution >= 0.6 is 0 Å². The SMILES string of the molecule is CC1=CC(C(=O)c2ccc(Oc3ccc4cc(S(=O)(=O)N=O)cc(S(=O)(=O)O)c4c3)cc2)=C(C)CC1. The van der Waals surface area contributed by atoms with Gasteiger partial charge in [-0.3, -0.25) is 9.35 Å². The molecule has 3 aromatic rings. The Hall–Kier alpha value is -3.67. The van der Waals surface area contributed by atoms with Gasteiger partial charge < -0.3 is 4.74 Å². The number of carbonyl (C=O) groups excluding carboxylic acids is 1. The van der Waals surface area contributed by atoms with E-state index in [1.165, 1.54) is 18.2 Å². The zero-order valence-electron chi connectivity index (χ0n) is 19.3. The highest BCUT2D eigenvalue weighted by molar-refractivity contribution is 7.90. The summed E-state index contributed by atoms with van der Waals surface area (Å²) in [5.74, 6) is 0.474. The minimum Gasteiger partial charge on any atom is -0.457 e. The molecule has 1 N–H and O–H groups in total. The maximum absolute atomic E-state index is 12.9. The molecule has 186 valence electrons. The first-order valence-electron chi connectivity index (χ1n) is 10.7. The van der Waals surface area contributed by atoms with Crippen LogP contribution in [0.3, 0.4) is 0 Å². The molecule has 0 radical (unpaired) electrons. The van der Waals surface area contributed by atoms with Gasteiger partial charge in [0.25, 0.3) is 10.1 Å². The van der Waals surface area contributed by atoms with Crippen LogP contribution in [0.25, 0.3) is 10.8 Å². The summed E-state index contributed by atoms with van der Waals surface area (Å²) in [6, 6.07) is 12.3. The van der Waals surface area contributed by atoms with E-state index in [1.807, 2.05) is 24.5 Å². The number of hydrogen-bond acceptors (Lipinski definition) is 7. The third-order valence-corrected chi connectivity index (χ3v) is 7.80. The number of carbonyl (C=O) groups is 1. The highest BCUT2D eigenvalue weighted by atomic mass is 32.2. The molecular formula is C25H21NO8S2. The number of Topliss-reactive ketones (excluding diaryl/α,β-unsaturated/α-hetero) is 1. The standard InChI is InChI=1S/C25H21NO8S2/c1-15-3-4-16(2)22(11-15)25(27)17-5-8-19(9-6-17)34-20-10-7-18-12-21(35(29,30)26-28)14-24(23(18)13-20)36(31,32)33/h5-14H,3-4H2,1-2H3,(H,31,32,33). The van der Waals surface area contributed by atoms with Gasteiger partial charge in [0.05, 0.1) is 9.48 Å². The van der Waals surface area contributed by atoms with Crippen molar-refractivity contribution >= 4 is 36.7 Å². The van der Waals surface area contributed by atoms with Gasteiger partial charge in [-0.05, 0) is 80.6 Å². The van der Waals surface area contributed by atoms with Crippen LogP contribution in [0.1, 0.15) is 37.0 Å². The Labute approximate surface area is 207 Å². The number of benzene rings is 3. The summed E-state index contributed by atoms with van der Waals surface area (Å²) < 4.78 is 65.0. The number of fused-ring (bicyclic) bond motifs is 1. The Morgan fingerprint density at radius 2 is 1.58 bits per heavy atom. The summed E-state index contributed by atoms with van der Waals surface area (Å²) in [5.41, 5.74) is 3.37. The fourth-order valence-electron chi connectivity index (χ4n) is 3.93. The van der Waals surface area contributed by atoms with E-state index in [0.29, 0.717) is 23.0 Å². The maximum atomic E-state index is 12.9. The smallest absolute Gasteiger partial charge is 0.317 e. The number of sulfonamides is 1. The molecule has 11 heteroatoms. The van der Waals surface area contributed by atoms with Crippen molar-refractivity contribution < 1.29 is 30.9 Å². The molecule has 1 aliphatic carbocycles. The van der Waals surface area contributed by atoms with Crippen molar-refractivity contribution in [2.75, 3.05) is 0 Å². The Kier molecular flexibility index (Phi) is 6.65. The van der Waals surface area contributed by atoms with Crippen LogP contribution in [0.15, 0.2) is 91.8 Å². The monoisotopic (exact) mass is 527 g/mol. The molecule has 9 nitrogen and oxygen atoms in total. The number of nitrogens with zero attached hydrogens (tertiary/aromatic N) is 1. The number of nitroso groups, excluding NO2 is 1. The predicted octanol–water partition coefficient (Wildman–Crippen LogP) is 5.57. The van der Waals surface area contributed by atoms with Gasteiger partial charge in [-0.25, -0.2) is 0 Å². The quantitative estimate of drug-likeness (QED) is 0.238. The van der Waals surface area contributed by atoms with Crippen LogP contribution in [-0.2, 0) is 20.1 Å². The van der Waals surface area contributed by atoms with Crippen LogP contribution in [-0.4, -0.2) is 27.2 Å². The van der Waals surface area contributed by atoms with E-state index in [2.05, 4.69) is 0 Å². The molecule has 3 aromatic carbocycles. The highest BCUT2D eigenvalue weighted by Gasteiger charge is 2.23. The molecule has 0 bridgehead atoms. The molecular weight excluding hydrogens is 506 g/mol. The van der Waals surface area contributed by atoms with E-state index < -0.39 is 29.9 Å². The molecule has 4 rings (SSSR count). The normalized spacial score (nSPS) is 14.5. The lowest BCUT2D eigenvalue weighted by molar-refractivity contribution is 0.103. The lowest BCUT2D eigenvalue weighted by atomic mass is 9.89. The molecule has 0 unspecified atom stereocenters. The summed E-state index contributed by atoms with van der Waals surface area (Å²) in [4.78, 5) is 22.2. The van der Waals surface area contributed by atoms with Crippen LogP contribution in [0, 0.1) is 4.91 Å². The second-order valence-electron chi connectivity index (χ2n) is 8.47. The molecule has 0 spiro atoms. The minimum atomic E-state index is -4.85. The molecule has 0 saturated carbocycles. The number of ether oxygens (including phenoxy) is 1. The molecule has 0 saturated heterocycles. The van der Waals surface area contributed by atoms with Crippen LogP contribution < -0.4 is 4.74 Å². The van der Waals surface area contributed by atoms with Crippen molar-refractivity contribution in [3.63, 3.8) is 0 Å². The number of ketones is 1. The summed E-state index contributed by atoms with van der Waals surface area (Å²) in [5, 5.41) is 0.105. The van der Waals surface area contributed by atoms with E-state index >= 15 is 0 Å². The van der Waals surface area contributed by atoms with Gasteiger partial charge in [-0.1, -0.05) is 23.3 Å².